The third-order valence-corrected chi connectivity index (χ3v) is 4.60. The first-order chi connectivity index (χ1) is 11.6. The van der Waals surface area contributed by atoms with Crippen molar-refractivity contribution in [2.45, 2.75) is 32.6 Å². The maximum Gasteiger partial charge on any atom is 0.335 e. The monoisotopic (exact) mass is 327 g/mol. The van der Waals surface area contributed by atoms with Gasteiger partial charge < -0.3 is 15.3 Å². The Kier molecular flexibility index (Phi) is 5.30. The van der Waals surface area contributed by atoms with Crippen molar-refractivity contribution in [3.05, 3.63) is 35.5 Å². The topological polar surface area (TPSA) is 65.5 Å². The van der Waals surface area contributed by atoms with E-state index in [9.17, 15) is 9.90 Å². The second-order valence-corrected chi connectivity index (χ2v) is 6.53. The van der Waals surface area contributed by atoms with Crippen molar-refractivity contribution in [2.24, 2.45) is 0 Å². The quantitative estimate of drug-likeness (QED) is 0.762. The minimum absolute atomic E-state index is 0.297. The number of aryl methyl sites for hydroxylation is 1. The Morgan fingerprint density at radius 2 is 2.04 bits per heavy atom. The average molecular weight is 327 g/mol. The SMILES string of the molecule is Cc1cc(NCCCCN2CCCC2)c2cc(C(=O)O)ccc2n1. The van der Waals surface area contributed by atoms with E-state index in [4.69, 9.17) is 0 Å². The third kappa shape index (κ3) is 4.03. The minimum atomic E-state index is -0.908. The summed E-state index contributed by atoms with van der Waals surface area (Å²) in [5, 5.41) is 13.5. The molecular formula is C19H25N3O2. The number of carboxylic acids is 1. The fourth-order valence-electron chi connectivity index (χ4n) is 3.33. The molecule has 2 N–H and O–H groups in total. The van der Waals surface area contributed by atoms with Crippen molar-refractivity contribution in [1.82, 2.24) is 9.88 Å². The summed E-state index contributed by atoms with van der Waals surface area (Å²) >= 11 is 0. The molecule has 0 radical (unpaired) electrons. The van der Waals surface area contributed by atoms with Crippen LogP contribution in [0.1, 0.15) is 41.7 Å². The Labute approximate surface area is 142 Å². The molecule has 2 heterocycles. The minimum Gasteiger partial charge on any atom is -0.478 e. The fourth-order valence-corrected chi connectivity index (χ4v) is 3.33. The Morgan fingerprint density at radius 3 is 2.79 bits per heavy atom. The van der Waals surface area contributed by atoms with E-state index < -0.39 is 5.97 Å². The van der Waals surface area contributed by atoms with Crippen LogP contribution in [0.3, 0.4) is 0 Å². The van der Waals surface area contributed by atoms with E-state index in [-0.39, 0.29) is 0 Å². The van der Waals surface area contributed by atoms with Gasteiger partial charge in [-0.2, -0.15) is 0 Å². The lowest BCUT2D eigenvalue weighted by Gasteiger charge is -2.15. The molecule has 0 bridgehead atoms. The number of nitrogens with zero attached hydrogens (tertiary/aromatic N) is 2. The van der Waals surface area contributed by atoms with E-state index in [1.807, 2.05) is 13.0 Å². The molecule has 2 aromatic rings. The lowest BCUT2D eigenvalue weighted by Crippen LogP contribution is -2.20. The summed E-state index contributed by atoms with van der Waals surface area (Å²) in [4.78, 5) is 18.2. The molecule has 5 nitrogen and oxygen atoms in total. The molecule has 1 saturated heterocycles. The average Bonchev–Trinajstić information content (AvgIpc) is 3.07. The molecule has 1 fully saturated rings. The molecule has 0 amide bonds. The van der Waals surface area contributed by atoms with Crippen LogP contribution < -0.4 is 5.32 Å². The van der Waals surface area contributed by atoms with Crippen LogP contribution in [0.2, 0.25) is 0 Å². The van der Waals surface area contributed by atoms with Crippen molar-refractivity contribution >= 4 is 22.6 Å². The van der Waals surface area contributed by atoms with Crippen molar-refractivity contribution in [2.75, 3.05) is 31.5 Å². The zero-order valence-corrected chi connectivity index (χ0v) is 14.2. The zero-order valence-electron chi connectivity index (χ0n) is 14.2. The van der Waals surface area contributed by atoms with Crippen molar-refractivity contribution < 1.29 is 9.90 Å². The number of carboxylic acid groups (broad SMARTS) is 1. The van der Waals surface area contributed by atoms with E-state index in [0.29, 0.717) is 5.56 Å². The van der Waals surface area contributed by atoms with Crippen LogP contribution >= 0.6 is 0 Å². The number of aromatic nitrogens is 1. The van der Waals surface area contributed by atoms with Crippen molar-refractivity contribution in [3.63, 3.8) is 0 Å². The number of hydrogen-bond acceptors (Lipinski definition) is 4. The Hall–Kier alpha value is -2.14. The van der Waals surface area contributed by atoms with Crippen LogP contribution in [-0.4, -0.2) is 47.1 Å². The highest BCUT2D eigenvalue weighted by Gasteiger charge is 2.11. The predicted molar refractivity (Wildman–Crippen MR) is 96.8 cm³/mol. The van der Waals surface area contributed by atoms with E-state index in [0.717, 1.165) is 35.2 Å². The van der Waals surface area contributed by atoms with Gasteiger partial charge in [-0.3, -0.25) is 4.98 Å². The second kappa shape index (κ2) is 7.62. The predicted octanol–water partition coefficient (Wildman–Crippen LogP) is 3.53. The van der Waals surface area contributed by atoms with Crippen molar-refractivity contribution in [3.8, 4) is 0 Å². The Balaban J connectivity index is 1.64. The standard InChI is InChI=1S/C19H25N3O2/c1-14-12-18(20-8-2-3-9-22-10-4-5-11-22)16-13-15(19(23)24)6-7-17(16)21-14/h6-7,12-13H,2-5,8-11H2,1H3,(H,20,21)(H,23,24). The second-order valence-electron chi connectivity index (χ2n) is 6.53. The molecule has 1 aromatic carbocycles. The van der Waals surface area contributed by atoms with Gasteiger partial charge in [0, 0.05) is 23.3 Å². The number of likely N-dealkylation sites (tertiary alicyclic amines) is 1. The smallest absolute Gasteiger partial charge is 0.335 e. The van der Waals surface area contributed by atoms with Gasteiger partial charge in [-0.25, -0.2) is 4.79 Å². The summed E-state index contributed by atoms with van der Waals surface area (Å²) in [5.74, 6) is -0.908. The molecule has 128 valence electrons. The first kappa shape index (κ1) is 16.7. The third-order valence-electron chi connectivity index (χ3n) is 4.60. The van der Waals surface area contributed by atoms with E-state index in [1.54, 1.807) is 18.2 Å². The first-order valence-electron chi connectivity index (χ1n) is 8.74. The van der Waals surface area contributed by atoms with Gasteiger partial charge in [-0.15, -0.1) is 0 Å². The summed E-state index contributed by atoms with van der Waals surface area (Å²) < 4.78 is 0. The van der Waals surface area contributed by atoms with Gasteiger partial charge in [0.2, 0.25) is 0 Å². The van der Waals surface area contributed by atoms with Crippen molar-refractivity contribution in [1.29, 1.82) is 0 Å². The zero-order chi connectivity index (χ0) is 16.9. The summed E-state index contributed by atoms with van der Waals surface area (Å²) in [5.41, 5.74) is 3.04. The number of aromatic carboxylic acids is 1. The van der Waals surface area contributed by atoms with E-state index in [1.165, 1.54) is 38.9 Å². The number of hydrogen-bond donors (Lipinski definition) is 2. The molecule has 1 aliphatic rings. The number of carbonyl (C=O) groups is 1. The highest BCUT2D eigenvalue weighted by molar-refractivity contribution is 5.98. The molecule has 0 spiro atoms. The molecular weight excluding hydrogens is 302 g/mol. The van der Waals surface area contributed by atoms with Gasteiger partial charge in [0.1, 0.15) is 0 Å². The number of nitrogens with one attached hydrogen (secondary N) is 1. The Bertz CT molecular complexity index is 724. The molecule has 3 rings (SSSR count). The van der Waals surface area contributed by atoms with Gasteiger partial charge in [0.05, 0.1) is 11.1 Å². The van der Waals surface area contributed by atoms with E-state index in [2.05, 4.69) is 15.2 Å². The lowest BCUT2D eigenvalue weighted by molar-refractivity contribution is 0.0697. The van der Waals surface area contributed by atoms with Gasteiger partial charge in [-0.05, 0) is 76.5 Å². The molecule has 0 saturated carbocycles. The molecule has 0 unspecified atom stereocenters. The van der Waals surface area contributed by atoms with Gasteiger partial charge in [-0.1, -0.05) is 0 Å². The molecule has 0 atom stereocenters. The van der Waals surface area contributed by atoms with Gasteiger partial charge in [0.25, 0.3) is 0 Å². The molecule has 1 aliphatic heterocycles. The van der Waals surface area contributed by atoms with Crippen LogP contribution in [0.15, 0.2) is 24.3 Å². The highest BCUT2D eigenvalue weighted by atomic mass is 16.4. The van der Waals surface area contributed by atoms with Crippen LogP contribution in [0.25, 0.3) is 10.9 Å². The van der Waals surface area contributed by atoms with Crippen LogP contribution in [0.4, 0.5) is 5.69 Å². The summed E-state index contributed by atoms with van der Waals surface area (Å²) in [6.45, 7) is 6.53. The number of pyridine rings is 1. The fraction of sp³-hybridized carbons (Fsp3) is 0.474. The number of benzene rings is 1. The number of fused-ring (bicyclic) bond motifs is 1. The first-order valence-corrected chi connectivity index (χ1v) is 8.74. The van der Waals surface area contributed by atoms with Gasteiger partial charge in [0.15, 0.2) is 0 Å². The number of rotatable bonds is 7. The van der Waals surface area contributed by atoms with Crippen LogP contribution in [0.5, 0.6) is 0 Å². The summed E-state index contributed by atoms with van der Waals surface area (Å²) in [7, 11) is 0. The van der Waals surface area contributed by atoms with Gasteiger partial charge >= 0.3 is 5.97 Å². The maximum absolute atomic E-state index is 11.2. The highest BCUT2D eigenvalue weighted by Crippen LogP contribution is 2.24. The maximum atomic E-state index is 11.2. The summed E-state index contributed by atoms with van der Waals surface area (Å²) in [6, 6.07) is 7.09. The largest absolute Gasteiger partial charge is 0.478 e. The summed E-state index contributed by atoms with van der Waals surface area (Å²) in [6.07, 6.45) is 4.98. The number of unbranched alkanes of at least 4 members (excludes halogenated alkanes) is 1. The number of anilines is 1. The molecule has 5 heteroatoms. The van der Waals surface area contributed by atoms with E-state index >= 15 is 0 Å². The van der Waals surface area contributed by atoms with Crippen LogP contribution in [-0.2, 0) is 0 Å². The normalized spacial score (nSPS) is 15.0. The lowest BCUT2D eigenvalue weighted by atomic mass is 10.1. The Morgan fingerprint density at radius 1 is 1.25 bits per heavy atom. The molecule has 24 heavy (non-hydrogen) atoms. The van der Waals surface area contributed by atoms with Crippen LogP contribution in [0, 0.1) is 6.92 Å². The molecule has 1 aromatic heterocycles. The molecule has 0 aliphatic carbocycles.